The highest BCUT2D eigenvalue weighted by atomic mass is 14.1. The molecule has 0 spiro atoms. The maximum Gasteiger partial charge on any atom is -0.0206 e. The molecule has 0 saturated heterocycles. The van der Waals surface area contributed by atoms with Crippen molar-refractivity contribution in [3.05, 3.63) is 24.8 Å². The van der Waals surface area contributed by atoms with Gasteiger partial charge in [0.05, 0.1) is 0 Å². The Kier molecular flexibility index (Phi) is 25.3. The van der Waals surface area contributed by atoms with Crippen LogP contribution in [0, 0.1) is 10.8 Å². The number of hydrogen-bond donors (Lipinski definition) is 0. The lowest BCUT2D eigenvalue weighted by molar-refractivity contribution is 0.398. The molecule has 176 valence electrons. The van der Waals surface area contributed by atoms with Crippen molar-refractivity contribution in [3.8, 4) is 0 Å². The molecule has 0 atom stereocenters. The first-order chi connectivity index (χ1) is 13.1. The quantitative estimate of drug-likeness (QED) is 0.349. The van der Waals surface area contributed by atoms with Crippen molar-refractivity contribution >= 4 is 0 Å². The number of allylic oxidation sites excluding steroid dienone is 3. The van der Waals surface area contributed by atoms with Crippen LogP contribution in [-0.2, 0) is 0 Å². The molecular formula is C29H60. The van der Waals surface area contributed by atoms with Crippen molar-refractivity contribution < 1.29 is 0 Å². The summed E-state index contributed by atoms with van der Waals surface area (Å²) in [6.07, 6.45) is 28.2. The van der Waals surface area contributed by atoms with E-state index in [1.807, 2.05) is 6.08 Å². The fraction of sp³-hybridized carbons (Fsp3) is 0.862. The first-order valence-electron chi connectivity index (χ1n) is 12.4. The van der Waals surface area contributed by atoms with E-state index in [0.717, 1.165) is 0 Å². The van der Waals surface area contributed by atoms with Crippen molar-refractivity contribution in [1.29, 1.82) is 0 Å². The maximum absolute atomic E-state index is 3.63. The largest absolute Gasteiger partial charge is 0.103 e. The van der Waals surface area contributed by atoms with Crippen molar-refractivity contribution in [2.75, 3.05) is 0 Å². The van der Waals surface area contributed by atoms with Crippen LogP contribution in [0.2, 0.25) is 0 Å². The lowest BCUT2D eigenvalue weighted by Gasteiger charge is -2.12. The molecular weight excluding hydrogens is 348 g/mol. The number of hydrogen-bond acceptors (Lipinski definition) is 0. The van der Waals surface area contributed by atoms with E-state index < -0.39 is 0 Å². The van der Waals surface area contributed by atoms with Gasteiger partial charge in [-0.05, 0) is 36.5 Å². The van der Waals surface area contributed by atoms with Gasteiger partial charge in [0.1, 0.15) is 0 Å². The highest BCUT2D eigenvalue weighted by Gasteiger charge is 2.03. The minimum absolute atomic E-state index is 0. The van der Waals surface area contributed by atoms with Crippen molar-refractivity contribution in [1.82, 2.24) is 0 Å². The summed E-state index contributed by atoms with van der Waals surface area (Å²) in [4.78, 5) is 0. The summed E-state index contributed by atoms with van der Waals surface area (Å²) in [5.41, 5.74) is 0.847. The molecule has 2 rings (SSSR count). The molecule has 1 saturated carbocycles. The van der Waals surface area contributed by atoms with Crippen LogP contribution >= 0.6 is 0 Å². The van der Waals surface area contributed by atoms with Gasteiger partial charge in [-0.2, -0.15) is 0 Å². The Morgan fingerprint density at radius 2 is 0.828 bits per heavy atom. The monoisotopic (exact) mass is 408 g/mol. The summed E-state index contributed by atoms with van der Waals surface area (Å²) in [6, 6.07) is 0. The normalized spacial score (nSPS) is 17.5. The molecule has 0 radical (unpaired) electrons. The molecule has 29 heavy (non-hydrogen) atoms. The lowest BCUT2D eigenvalue weighted by atomic mass is 9.94. The topological polar surface area (TPSA) is 0 Å². The second-order valence-electron chi connectivity index (χ2n) is 10.8. The molecule has 0 aromatic rings. The minimum atomic E-state index is 0. The Hall–Kier alpha value is -0.520. The van der Waals surface area contributed by atoms with Crippen LogP contribution in [0.5, 0.6) is 0 Å². The zero-order chi connectivity index (χ0) is 21.7. The van der Waals surface area contributed by atoms with E-state index >= 15 is 0 Å². The molecule has 0 unspecified atom stereocenters. The van der Waals surface area contributed by atoms with Gasteiger partial charge in [0, 0.05) is 0 Å². The third kappa shape index (κ3) is 38.7. The molecule has 0 aromatic heterocycles. The molecule has 0 N–H and O–H groups in total. The highest BCUT2D eigenvalue weighted by Crippen LogP contribution is 2.16. The molecule has 2 aliphatic rings. The van der Waals surface area contributed by atoms with Gasteiger partial charge in [-0.1, -0.05) is 145 Å². The molecule has 1 fully saturated rings. The Bertz CT molecular complexity index is 300. The third-order valence-electron chi connectivity index (χ3n) is 5.33. The molecule has 0 nitrogen and oxygen atoms in total. The molecule has 0 aliphatic heterocycles. The lowest BCUT2D eigenvalue weighted by Crippen LogP contribution is -2.00. The standard InChI is InChI=1S/C8H16.C8H14.C6H14.C6H12.CH4/c2*1-2-4-6-8-7-5-3-1;2*1-5-6(2,3)4;/h1-8H2;1-2H,3-8H2;5H2,1-4H3;5H,1H2,2-4H3;1H4. The average Bonchev–Trinajstić information content (AvgIpc) is 2.54. The van der Waals surface area contributed by atoms with Gasteiger partial charge < -0.3 is 0 Å². The zero-order valence-electron chi connectivity index (χ0n) is 21.0. The van der Waals surface area contributed by atoms with Crippen LogP contribution in [0.3, 0.4) is 0 Å². The summed E-state index contributed by atoms with van der Waals surface area (Å²) in [7, 11) is 0. The van der Waals surface area contributed by atoms with E-state index in [-0.39, 0.29) is 7.43 Å². The number of rotatable bonds is 0. The van der Waals surface area contributed by atoms with Gasteiger partial charge in [0.25, 0.3) is 0 Å². The van der Waals surface area contributed by atoms with E-state index in [2.05, 4.69) is 67.2 Å². The van der Waals surface area contributed by atoms with E-state index in [1.165, 1.54) is 96.3 Å². The fourth-order valence-corrected chi connectivity index (χ4v) is 2.53. The second-order valence-corrected chi connectivity index (χ2v) is 10.8. The van der Waals surface area contributed by atoms with Crippen LogP contribution in [0.1, 0.15) is 152 Å². The van der Waals surface area contributed by atoms with E-state index in [9.17, 15) is 0 Å². The maximum atomic E-state index is 3.63. The van der Waals surface area contributed by atoms with Crippen LogP contribution in [0.15, 0.2) is 24.8 Å². The zero-order valence-corrected chi connectivity index (χ0v) is 21.0. The Balaban J connectivity index is -0.000000311. The molecule has 0 amide bonds. The molecule has 0 heteroatoms. The summed E-state index contributed by atoms with van der Waals surface area (Å²) >= 11 is 0. The molecule has 0 aromatic carbocycles. The van der Waals surface area contributed by atoms with Crippen LogP contribution in [-0.4, -0.2) is 0 Å². The predicted octanol–water partition coefficient (Wildman–Crippen LogP) is 11.3. The second kappa shape index (κ2) is 22.2. The third-order valence-corrected chi connectivity index (χ3v) is 5.33. The van der Waals surface area contributed by atoms with E-state index in [0.29, 0.717) is 10.8 Å². The van der Waals surface area contributed by atoms with Gasteiger partial charge >= 0.3 is 0 Å². The van der Waals surface area contributed by atoms with E-state index in [4.69, 9.17) is 0 Å². The average molecular weight is 409 g/mol. The van der Waals surface area contributed by atoms with Gasteiger partial charge in [0.15, 0.2) is 0 Å². The Labute approximate surface area is 188 Å². The molecule has 0 heterocycles. The summed E-state index contributed by atoms with van der Waals surface area (Å²) in [6.45, 7) is 18.9. The van der Waals surface area contributed by atoms with Crippen LogP contribution in [0.4, 0.5) is 0 Å². The SMILES string of the molecule is C.C1=CCCCCCC1.C1CCCCCCC1.C=CC(C)(C)C.CCC(C)(C)C. The van der Waals surface area contributed by atoms with Crippen molar-refractivity contribution in [2.45, 2.75) is 152 Å². The van der Waals surface area contributed by atoms with Crippen LogP contribution in [0.25, 0.3) is 0 Å². The molecule has 2 aliphatic carbocycles. The summed E-state index contributed by atoms with van der Waals surface area (Å²) < 4.78 is 0. The van der Waals surface area contributed by atoms with Gasteiger partial charge in [0.2, 0.25) is 0 Å². The predicted molar refractivity (Wildman–Crippen MR) is 140 cm³/mol. The molecule has 0 bridgehead atoms. The van der Waals surface area contributed by atoms with E-state index in [1.54, 1.807) is 0 Å². The Morgan fingerprint density at radius 3 is 1.00 bits per heavy atom. The highest BCUT2D eigenvalue weighted by molar-refractivity contribution is 4.83. The van der Waals surface area contributed by atoms with Gasteiger partial charge in [-0.3, -0.25) is 0 Å². The first kappa shape index (κ1) is 33.1. The minimum Gasteiger partial charge on any atom is -0.103 e. The Morgan fingerprint density at radius 1 is 0.621 bits per heavy atom. The van der Waals surface area contributed by atoms with Crippen LogP contribution < -0.4 is 0 Å². The smallest absolute Gasteiger partial charge is 0.0206 e. The first-order valence-corrected chi connectivity index (χ1v) is 12.4. The van der Waals surface area contributed by atoms with Gasteiger partial charge in [-0.15, -0.1) is 6.58 Å². The fourth-order valence-electron chi connectivity index (χ4n) is 2.53. The van der Waals surface area contributed by atoms with Crippen molar-refractivity contribution in [3.63, 3.8) is 0 Å². The van der Waals surface area contributed by atoms with Gasteiger partial charge in [-0.25, -0.2) is 0 Å². The van der Waals surface area contributed by atoms with Crippen molar-refractivity contribution in [2.24, 2.45) is 10.8 Å². The summed E-state index contributed by atoms with van der Waals surface area (Å²) in [5.74, 6) is 0. The summed E-state index contributed by atoms with van der Waals surface area (Å²) in [5, 5.41) is 0.